The molecule has 0 saturated carbocycles. The van der Waals surface area contributed by atoms with E-state index in [-0.39, 0.29) is 11.5 Å². The SMILES string of the molecule is CC1(C)c2ccccc2-c2ccc(C3CC(c4ccc5c(c4)oc4ccc(-n6c7ccccc7c7ccc(-c8ccccc8)cc76)cc45)=NC(c4ccccc4)C3)cc21. The fraction of sp³-hybridized carbons (Fsp3) is 0.125. The van der Waals surface area contributed by atoms with Crippen molar-refractivity contribution in [2.45, 2.75) is 44.1 Å². The molecular weight excluding hydrogens is 717 g/mol. The quantitative estimate of drug-likeness (QED) is 0.172. The predicted octanol–water partition coefficient (Wildman–Crippen LogP) is 14.8. The molecule has 0 amide bonds. The lowest BCUT2D eigenvalue weighted by Crippen LogP contribution is -2.20. The van der Waals surface area contributed by atoms with Crippen LogP contribution in [0.2, 0.25) is 0 Å². The maximum atomic E-state index is 6.67. The summed E-state index contributed by atoms with van der Waals surface area (Å²) in [6, 6.07) is 66.7. The zero-order chi connectivity index (χ0) is 39.2. The van der Waals surface area contributed by atoms with Crippen molar-refractivity contribution in [3.63, 3.8) is 0 Å². The van der Waals surface area contributed by atoms with Crippen LogP contribution < -0.4 is 0 Å². The molecule has 12 rings (SSSR count). The van der Waals surface area contributed by atoms with Gasteiger partial charge in [-0.2, -0.15) is 0 Å². The molecule has 2 unspecified atom stereocenters. The molecule has 3 heteroatoms. The Hall–Kier alpha value is -6.97. The number of rotatable bonds is 5. The van der Waals surface area contributed by atoms with E-state index in [1.54, 1.807) is 0 Å². The van der Waals surface area contributed by atoms with Gasteiger partial charge >= 0.3 is 0 Å². The highest BCUT2D eigenvalue weighted by atomic mass is 16.3. The lowest BCUT2D eigenvalue weighted by Gasteiger charge is -2.30. The van der Waals surface area contributed by atoms with Crippen molar-refractivity contribution >= 4 is 49.5 Å². The monoisotopic (exact) mass is 758 g/mol. The molecule has 3 nitrogen and oxygen atoms in total. The molecule has 8 aromatic carbocycles. The van der Waals surface area contributed by atoms with E-state index >= 15 is 0 Å². The van der Waals surface area contributed by atoms with Crippen LogP contribution in [0.15, 0.2) is 191 Å². The Labute approximate surface area is 343 Å². The van der Waals surface area contributed by atoms with Gasteiger partial charge in [0.15, 0.2) is 0 Å². The molecule has 0 saturated heterocycles. The normalized spacial score (nSPS) is 17.1. The van der Waals surface area contributed by atoms with Crippen LogP contribution in [0.1, 0.15) is 66.5 Å². The third-order valence-corrected chi connectivity index (χ3v) is 13.3. The summed E-state index contributed by atoms with van der Waals surface area (Å²) in [7, 11) is 0. The third-order valence-electron chi connectivity index (χ3n) is 13.3. The van der Waals surface area contributed by atoms with Crippen LogP contribution in [-0.4, -0.2) is 10.3 Å². The van der Waals surface area contributed by atoms with E-state index in [2.05, 4.69) is 200 Å². The zero-order valence-electron chi connectivity index (χ0n) is 33.2. The summed E-state index contributed by atoms with van der Waals surface area (Å²) in [5, 5.41) is 4.72. The van der Waals surface area contributed by atoms with Crippen LogP contribution in [0.25, 0.3) is 71.7 Å². The summed E-state index contributed by atoms with van der Waals surface area (Å²) in [6.07, 6.45) is 1.86. The summed E-state index contributed by atoms with van der Waals surface area (Å²) in [5.41, 5.74) is 18.2. The fourth-order valence-corrected chi connectivity index (χ4v) is 10.3. The number of aromatic nitrogens is 1. The summed E-state index contributed by atoms with van der Waals surface area (Å²) >= 11 is 0. The zero-order valence-corrected chi connectivity index (χ0v) is 33.2. The van der Waals surface area contributed by atoms with E-state index in [4.69, 9.17) is 9.41 Å². The minimum Gasteiger partial charge on any atom is -0.456 e. The molecule has 2 atom stereocenters. The summed E-state index contributed by atoms with van der Waals surface area (Å²) in [6.45, 7) is 4.75. The van der Waals surface area contributed by atoms with Crippen LogP contribution in [0.3, 0.4) is 0 Å². The van der Waals surface area contributed by atoms with Gasteiger partial charge in [0.1, 0.15) is 11.2 Å². The first-order valence-electron chi connectivity index (χ1n) is 20.9. The summed E-state index contributed by atoms with van der Waals surface area (Å²) < 4.78 is 9.08. The van der Waals surface area contributed by atoms with Gasteiger partial charge in [0.2, 0.25) is 0 Å². The Bertz CT molecular complexity index is 3310. The second-order valence-corrected chi connectivity index (χ2v) is 17.1. The molecule has 0 N–H and O–H groups in total. The molecule has 3 heterocycles. The van der Waals surface area contributed by atoms with E-state index in [1.807, 2.05) is 0 Å². The van der Waals surface area contributed by atoms with Crippen LogP contribution in [0, 0.1) is 0 Å². The largest absolute Gasteiger partial charge is 0.456 e. The third kappa shape index (κ3) is 5.38. The molecule has 0 spiro atoms. The topological polar surface area (TPSA) is 30.4 Å². The first-order valence-corrected chi connectivity index (χ1v) is 20.9. The van der Waals surface area contributed by atoms with Gasteiger partial charge in [-0.1, -0.05) is 153 Å². The summed E-state index contributed by atoms with van der Waals surface area (Å²) in [4.78, 5) is 5.50. The van der Waals surface area contributed by atoms with Gasteiger partial charge in [0.05, 0.1) is 17.1 Å². The average Bonchev–Trinajstić information content (AvgIpc) is 3.91. The number of hydrogen-bond acceptors (Lipinski definition) is 2. The Morgan fingerprint density at radius 1 is 0.508 bits per heavy atom. The lowest BCUT2D eigenvalue weighted by atomic mass is 9.78. The highest BCUT2D eigenvalue weighted by Gasteiger charge is 2.36. The van der Waals surface area contributed by atoms with Gasteiger partial charge in [0, 0.05) is 38.4 Å². The van der Waals surface area contributed by atoms with Crippen molar-refractivity contribution in [1.82, 2.24) is 4.57 Å². The molecule has 2 aliphatic rings. The van der Waals surface area contributed by atoms with Crippen LogP contribution in [-0.2, 0) is 5.41 Å². The van der Waals surface area contributed by atoms with Crippen molar-refractivity contribution in [3.05, 3.63) is 210 Å². The minimum absolute atomic E-state index is 0.0365. The number of benzene rings is 8. The van der Waals surface area contributed by atoms with E-state index in [1.165, 1.54) is 66.3 Å². The van der Waals surface area contributed by atoms with Crippen molar-refractivity contribution in [1.29, 1.82) is 0 Å². The van der Waals surface area contributed by atoms with Gasteiger partial charge in [-0.3, -0.25) is 4.99 Å². The van der Waals surface area contributed by atoms with E-state index in [0.717, 1.165) is 51.7 Å². The number of aliphatic imine (C=N–C) groups is 1. The maximum absolute atomic E-state index is 6.67. The standard InChI is InChI=1S/C56H42N2O/c1-56(2)48-19-11-9-17-42(48)43-25-21-37(29-49(43)56)40-30-50(36-15-7-4-8-16-36)57-51(31-40)39-23-27-46-47-34-41(24-28-54(47)59-55(46)33-39)58-52-20-12-10-18-44(52)45-26-22-38(32-53(45)58)35-13-5-3-6-14-35/h3-29,32-34,40,50H,30-31H2,1-2H3. The van der Waals surface area contributed by atoms with E-state index < -0.39 is 0 Å². The lowest BCUT2D eigenvalue weighted by molar-refractivity contribution is 0.528. The van der Waals surface area contributed by atoms with Crippen molar-refractivity contribution in [2.75, 3.05) is 0 Å². The highest BCUT2D eigenvalue weighted by molar-refractivity contribution is 6.12. The van der Waals surface area contributed by atoms with Crippen LogP contribution in [0.4, 0.5) is 0 Å². The predicted molar refractivity (Wildman–Crippen MR) is 245 cm³/mol. The molecule has 0 radical (unpaired) electrons. The molecule has 282 valence electrons. The number of para-hydroxylation sites is 1. The molecule has 1 aliphatic carbocycles. The van der Waals surface area contributed by atoms with Gasteiger partial charge in [0.25, 0.3) is 0 Å². The highest BCUT2D eigenvalue weighted by Crippen LogP contribution is 2.50. The first-order chi connectivity index (χ1) is 29.0. The average molecular weight is 759 g/mol. The fourth-order valence-electron chi connectivity index (χ4n) is 10.3. The van der Waals surface area contributed by atoms with Gasteiger partial charge in [-0.05, 0) is 111 Å². The molecular formula is C56H42N2O. The molecule has 0 fully saturated rings. The number of hydrogen-bond donors (Lipinski definition) is 0. The summed E-state index contributed by atoms with van der Waals surface area (Å²) in [5.74, 6) is 0.333. The second-order valence-electron chi connectivity index (χ2n) is 17.1. The van der Waals surface area contributed by atoms with Gasteiger partial charge in [-0.15, -0.1) is 0 Å². The Balaban J connectivity index is 0.943. The minimum atomic E-state index is -0.0365. The van der Waals surface area contributed by atoms with Crippen molar-refractivity contribution in [2.24, 2.45) is 4.99 Å². The maximum Gasteiger partial charge on any atom is 0.136 e. The van der Waals surface area contributed by atoms with Crippen LogP contribution in [0.5, 0.6) is 0 Å². The van der Waals surface area contributed by atoms with Crippen LogP contribution >= 0.6 is 0 Å². The smallest absolute Gasteiger partial charge is 0.136 e. The Morgan fingerprint density at radius 2 is 1.24 bits per heavy atom. The van der Waals surface area contributed by atoms with Crippen molar-refractivity contribution < 1.29 is 4.42 Å². The Kier molecular flexibility index (Phi) is 7.53. The molecule has 59 heavy (non-hydrogen) atoms. The molecule has 2 aromatic heterocycles. The van der Waals surface area contributed by atoms with Gasteiger partial charge < -0.3 is 8.98 Å². The number of furan rings is 1. The number of fused-ring (bicyclic) bond motifs is 9. The molecule has 1 aliphatic heterocycles. The second kappa shape index (κ2) is 13.0. The molecule has 0 bridgehead atoms. The van der Waals surface area contributed by atoms with Crippen molar-refractivity contribution in [3.8, 4) is 27.9 Å². The number of nitrogens with zero attached hydrogens (tertiary/aromatic N) is 2. The van der Waals surface area contributed by atoms with E-state index in [9.17, 15) is 0 Å². The first kappa shape index (κ1) is 34.1. The molecule has 10 aromatic rings. The van der Waals surface area contributed by atoms with E-state index in [0.29, 0.717) is 5.92 Å². The van der Waals surface area contributed by atoms with Gasteiger partial charge in [-0.25, -0.2) is 0 Å². The Morgan fingerprint density at radius 3 is 2.12 bits per heavy atom.